The third kappa shape index (κ3) is 15.2. The first-order valence-corrected chi connectivity index (χ1v) is 34.0. The Hall–Kier alpha value is -6.00. The molecule has 0 unspecified atom stereocenters. The zero-order valence-electron chi connectivity index (χ0n) is 49.8. The summed E-state index contributed by atoms with van der Waals surface area (Å²) in [4.78, 5) is 103. The SMILES string of the molecule is CC(=O)O[C@H]1C(=O)[C@@]2(C)[C@H]([C@H](OC(=O)c3ccccc3)[C@]3(O)C[C@H](OC(=O)[C@H](OC(=O)N(C)CCCCCCCC/C=C\C/C=C\CCCCI=S)[C@@H](NC(=O)c4ccccc4)c4ccccc4)C(C)=C1C3(C)C)[C@]1(OC(C)=O)CO[C@@H]1C[C@@H]2O. The maximum absolute atomic E-state index is 15.9. The number of aliphatic hydroxyl groups excluding tert-OH is 1. The van der Waals surface area contributed by atoms with E-state index in [4.69, 9.17) is 37.7 Å². The number of benzene rings is 3. The average Bonchev–Trinajstić information content (AvgIpc) is 0.694. The number of esters is 4. The van der Waals surface area contributed by atoms with E-state index in [0.29, 0.717) is 12.0 Å². The number of nitrogens with zero attached hydrogens (tertiary/aromatic N) is 1. The number of fused-ring (bicyclic) bond motifs is 5. The van der Waals surface area contributed by atoms with Crippen LogP contribution in [0.3, 0.4) is 0 Å². The van der Waals surface area contributed by atoms with Crippen LogP contribution in [0.5, 0.6) is 0 Å². The van der Waals surface area contributed by atoms with Crippen LogP contribution in [0.1, 0.15) is 157 Å². The quantitative estimate of drug-likeness (QED) is 0.0161. The Balaban J connectivity index is 1.21. The average molecular weight is 1300 g/mol. The summed E-state index contributed by atoms with van der Waals surface area (Å²) in [7, 11) is 6.68. The molecule has 11 atom stereocenters. The number of alkyl halides is 1. The molecule has 1 heterocycles. The Kier molecular flexibility index (Phi) is 23.5. The minimum Gasteiger partial charge on any atom is -0.455 e. The number of allylic oxidation sites excluding steroid dienone is 4. The molecule has 1 saturated heterocycles. The van der Waals surface area contributed by atoms with Gasteiger partial charge in [-0.1, -0.05) is 131 Å². The first kappa shape index (κ1) is 66.5. The van der Waals surface area contributed by atoms with Crippen LogP contribution in [0.2, 0.25) is 0 Å². The Morgan fingerprint density at radius 3 is 1.96 bits per heavy atom. The molecule has 85 heavy (non-hydrogen) atoms. The maximum atomic E-state index is 15.9. The highest BCUT2D eigenvalue weighted by atomic mass is 127. The summed E-state index contributed by atoms with van der Waals surface area (Å²) in [5, 5.41) is 29.3. The number of nitrogens with one attached hydrogen (secondary N) is 1. The number of hydrogen-bond acceptors (Lipinski definition) is 16. The van der Waals surface area contributed by atoms with E-state index in [0.717, 1.165) is 65.2 Å². The van der Waals surface area contributed by atoms with Crippen LogP contribution >= 0.6 is 28.5 Å². The summed E-state index contributed by atoms with van der Waals surface area (Å²) >= 11 is -0.0231. The molecule has 4 aliphatic rings. The highest BCUT2D eigenvalue weighted by molar-refractivity contribution is 14.2. The molecule has 2 saturated carbocycles. The molecular weight excluding hydrogens is 1220 g/mol. The van der Waals surface area contributed by atoms with E-state index in [1.54, 1.807) is 107 Å². The number of unbranched alkanes of at least 4 members (excludes halogenated alkanes) is 8. The molecule has 3 aliphatic carbocycles. The molecule has 3 fully saturated rings. The molecule has 2 amide bonds. The number of aliphatic hydroxyl groups is 2. The van der Waals surface area contributed by atoms with Crippen molar-refractivity contribution in [1.29, 1.82) is 0 Å². The molecule has 0 radical (unpaired) electrons. The van der Waals surface area contributed by atoms with Crippen molar-refractivity contribution in [2.45, 2.75) is 179 Å². The number of hydrogen-bond donors (Lipinski definition) is 3. The number of halogens is 1. The lowest BCUT2D eigenvalue weighted by Gasteiger charge is -2.67. The van der Waals surface area contributed by atoms with Crippen molar-refractivity contribution < 1.29 is 72.2 Å². The van der Waals surface area contributed by atoms with E-state index in [9.17, 15) is 34.2 Å². The van der Waals surface area contributed by atoms with Crippen molar-refractivity contribution >= 4 is 70.2 Å². The van der Waals surface area contributed by atoms with Gasteiger partial charge in [0.1, 0.15) is 30.0 Å². The second-order valence-corrected chi connectivity index (χ2v) is 26.7. The van der Waals surface area contributed by atoms with Gasteiger partial charge in [-0.05, 0) is 128 Å². The van der Waals surface area contributed by atoms with Gasteiger partial charge < -0.3 is 48.9 Å². The van der Waals surface area contributed by atoms with Crippen molar-refractivity contribution in [3.8, 4) is 0 Å². The fourth-order valence-corrected chi connectivity index (χ4v) is 14.4. The zero-order chi connectivity index (χ0) is 61.5. The fourth-order valence-electron chi connectivity index (χ4n) is 12.8. The van der Waals surface area contributed by atoms with Gasteiger partial charge in [-0.3, -0.25) is 19.2 Å². The molecule has 17 nitrogen and oxygen atoms in total. The summed E-state index contributed by atoms with van der Waals surface area (Å²) in [6, 6.07) is 23.2. The Morgan fingerprint density at radius 2 is 1.38 bits per heavy atom. The van der Waals surface area contributed by atoms with Crippen molar-refractivity contribution in [3.63, 3.8) is 0 Å². The van der Waals surface area contributed by atoms with Crippen LogP contribution in [-0.2, 0) is 47.6 Å². The molecule has 2 bridgehead atoms. The van der Waals surface area contributed by atoms with Gasteiger partial charge in [-0.25, -0.2) is 14.4 Å². The van der Waals surface area contributed by atoms with Gasteiger partial charge in [0, 0.05) is 55.7 Å². The van der Waals surface area contributed by atoms with Gasteiger partial charge in [-0.15, -0.1) is 0 Å². The predicted octanol–water partition coefficient (Wildman–Crippen LogP) is 11.3. The first-order valence-electron chi connectivity index (χ1n) is 29.6. The minimum atomic E-state index is -2.46. The van der Waals surface area contributed by atoms with Crippen LogP contribution in [-0.4, -0.2) is 129 Å². The standard InChI is InChI=1S/C66H83IN2O15S/c1-43-49(41-66(78)58(83-60(75)48-36-28-23-29-37-48)56-64(6,50(72)40-51-65(56,42-79-51)84-45(3)71)57(73)54(80-44(2)70)52(43)63(66,4)5)81-61(76)55(53(46-32-24-21-25-33-46)68-59(74)47-34-26-22-27-35-47)82-62(77)69(7)39-31-20-18-16-14-12-10-8-9-11-13-15-17-19-30-38-67-85/h8-9,13,15,21-29,32-37,49-51,53-56,58,72,78H,10-12,14,16-20,30-31,38-42H2,1-7H3,(H,68,74)/b9-8-,15-13-/t49-,50-,51+,53-,54+,55+,56-,58-,64+,65-,66+/m0/s1. The van der Waals surface area contributed by atoms with Crippen LogP contribution in [0.25, 0.3) is 0 Å². The molecule has 3 aromatic carbocycles. The molecule has 7 rings (SSSR count). The van der Waals surface area contributed by atoms with Crippen molar-refractivity contribution in [3.05, 3.63) is 143 Å². The summed E-state index contributed by atoms with van der Waals surface area (Å²) in [6.45, 7) is 8.30. The topological polar surface area (TPSA) is 231 Å². The van der Waals surface area contributed by atoms with E-state index >= 15 is 9.59 Å². The highest BCUT2D eigenvalue weighted by Crippen LogP contribution is 2.64. The smallest absolute Gasteiger partial charge is 0.410 e. The van der Waals surface area contributed by atoms with Gasteiger partial charge in [0.15, 0.2) is 17.5 Å². The van der Waals surface area contributed by atoms with E-state index < -0.39 is 119 Å². The number of Topliss-reactive ketones (excluding diaryl/α,β-unsaturated/α-hetero) is 1. The largest absolute Gasteiger partial charge is 0.455 e. The number of carbonyl (C=O) groups is 7. The lowest BCUT2D eigenvalue weighted by molar-refractivity contribution is -0.346. The summed E-state index contributed by atoms with van der Waals surface area (Å²) in [5.41, 5.74) is -7.30. The number of ketones is 1. The van der Waals surface area contributed by atoms with Crippen LogP contribution in [0.4, 0.5) is 4.79 Å². The molecule has 460 valence electrons. The van der Waals surface area contributed by atoms with Crippen molar-refractivity contribution in [2.75, 3.05) is 24.6 Å². The molecule has 0 aromatic heterocycles. The van der Waals surface area contributed by atoms with Gasteiger partial charge >= 0.3 is 30.0 Å². The lowest BCUT2D eigenvalue weighted by Crippen LogP contribution is -2.82. The summed E-state index contributed by atoms with van der Waals surface area (Å²) in [5.74, 6) is -6.90. The second kappa shape index (κ2) is 30.1. The van der Waals surface area contributed by atoms with Crippen molar-refractivity contribution in [1.82, 2.24) is 10.2 Å². The highest BCUT2D eigenvalue weighted by Gasteiger charge is 2.78. The normalized spacial score (nSPS) is 26.5. The van der Waals surface area contributed by atoms with Gasteiger partial charge in [0.25, 0.3) is 5.91 Å². The van der Waals surface area contributed by atoms with Crippen molar-refractivity contribution in [2.24, 2.45) is 16.7 Å². The molecule has 19 heteroatoms. The van der Waals surface area contributed by atoms with Crippen LogP contribution in [0.15, 0.2) is 126 Å². The third-order valence-electron chi connectivity index (χ3n) is 17.5. The van der Waals surface area contributed by atoms with Gasteiger partial charge in [0.05, 0.1) is 29.6 Å². The first-order chi connectivity index (χ1) is 40.6. The van der Waals surface area contributed by atoms with Crippen LogP contribution < -0.4 is 5.32 Å². The van der Waals surface area contributed by atoms with Gasteiger partial charge in [-0.2, -0.15) is 0 Å². The Labute approximate surface area is 513 Å². The number of carbonyl (C=O) groups excluding carboxylic acids is 7. The van der Waals surface area contributed by atoms with E-state index in [1.165, 1.54) is 41.2 Å². The lowest BCUT2D eigenvalue weighted by atomic mass is 9.44. The maximum Gasteiger partial charge on any atom is 0.410 e. The van der Waals surface area contributed by atoms with Crippen LogP contribution in [0, 0.1) is 16.7 Å². The predicted molar refractivity (Wildman–Crippen MR) is 330 cm³/mol. The molecule has 3 N–H and O–H groups in total. The molecular formula is C66H83IN2O15S. The molecule has 3 aromatic rings. The van der Waals surface area contributed by atoms with Gasteiger partial charge in [0.2, 0.25) is 6.10 Å². The van der Waals surface area contributed by atoms with E-state index in [1.807, 2.05) is 0 Å². The Bertz CT molecular complexity index is 2940. The fraction of sp³-hybridized carbons (Fsp3) is 0.530. The van der Waals surface area contributed by atoms with E-state index in [-0.39, 0.29) is 61.1 Å². The molecule has 1 aliphatic heterocycles. The monoisotopic (exact) mass is 1300 g/mol. The zero-order valence-corrected chi connectivity index (χ0v) is 52.8. The molecule has 0 spiro atoms. The van der Waals surface area contributed by atoms with E-state index in [2.05, 4.69) is 29.6 Å². The second-order valence-electron chi connectivity index (χ2n) is 23.5. The Morgan fingerprint density at radius 1 is 0.788 bits per heavy atom. The summed E-state index contributed by atoms with van der Waals surface area (Å²) < 4.78 is 38.6. The number of rotatable bonds is 27. The minimum absolute atomic E-state index is 0.0207. The summed E-state index contributed by atoms with van der Waals surface area (Å²) in [6.07, 6.45) is 8.43. The third-order valence-corrected chi connectivity index (χ3v) is 19.8. The number of ether oxygens (including phenoxy) is 6. The number of amides is 2.